The Morgan fingerprint density at radius 1 is 1.18 bits per heavy atom. The number of alkyl halides is 3. The first kappa shape index (κ1) is 20.1. The molecule has 0 saturated heterocycles. The van der Waals surface area contributed by atoms with E-state index >= 15 is 0 Å². The molecule has 28 heavy (non-hydrogen) atoms. The molecule has 0 radical (unpaired) electrons. The lowest BCUT2D eigenvalue weighted by molar-refractivity contribution is -0.137. The summed E-state index contributed by atoms with van der Waals surface area (Å²) in [5.74, 6) is -0.376. The zero-order valence-corrected chi connectivity index (χ0v) is 16.0. The molecule has 0 atom stereocenters. The lowest BCUT2D eigenvalue weighted by atomic mass is 10.1. The van der Waals surface area contributed by atoms with Crippen molar-refractivity contribution >= 4 is 32.7 Å². The van der Waals surface area contributed by atoms with Crippen LogP contribution in [0.1, 0.15) is 17.5 Å². The number of carbonyl (C=O) groups excluding carboxylic acids is 1. The molecule has 1 amide bonds. The average Bonchev–Trinajstić information content (AvgIpc) is 2.66. The normalized spacial score (nSPS) is 11.6. The first-order valence-electron chi connectivity index (χ1n) is 8.31. The molecule has 0 unspecified atom stereocenters. The van der Waals surface area contributed by atoms with Crippen LogP contribution in [0.2, 0.25) is 0 Å². The highest BCUT2D eigenvalue weighted by atomic mass is 79.9. The third kappa shape index (κ3) is 4.78. The van der Waals surface area contributed by atoms with Crippen LogP contribution >= 0.6 is 15.9 Å². The predicted molar refractivity (Wildman–Crippen MR) is 102 cm³/mol. The second kappa shape index (κ2) is 8.14. The molecule has 1 N–H and O–H groups in total. The fourth-order valence-electron chi connectivity index (χ4n) is 2.66. The summed E-state index contributed by atoms with van der Waals surface area (Å²) in [4.78, 5) is 28.7. The molecule has 0 aliphatic carbocycles. The Kier molecular flexibility index (Phi) is 5.83. The van der Waals surface area contributed by atoms with Crippen molar-refractivity contribution in [1.82, 2.24) is 14.9 Å². The number of hydrogen-bond donors (Lipinski definition) is 1. The Morgan fingerprint density at radius 3 is 2.71 bits per heavy atom. The summed E-state index contributed by atoms with van der Waals surface area (Å²) in [5, 5.41) is 3.00. The van der Waals surface area contributed by atoms with Gasteiger partial charge in [-0.05, 0) is 35.9 Å². The van der Waals surface area contributed by atoms with Gasteiger partial charge in [0.2, 0.25) is 5.91 Å². The number of nitrogens with one attached hydrogen (secondary N) is 1. The van der Waals surface area contributed by atoms with Gasteiger partial charge < -0.3 is 5.32 Å². The van der Waals surface area contributed by atoms with E-state index in [2.05, 4.69) is 26.2 Å². The summed E-state index contributed by atoms with van der Waals surface area (Å²) in [6.07, 6.45) is -3.06. The van der Waals surface area contributed by atoms with E-state index < -0.39 is 11.7 Å². The summed E-state index contributed by atoms with van der Waals surface area (Å²) in [7, 11) is 0. The predicted octanol–water partition coefficient (Wildman–Crippen LogP) is 3.88. The highest BCUT2D eigenvalue weighted by molar-refractivity contribution is 9.10. The summed E-state index contributed by atoms with van der Waals surface area (Å²) in [6.45, 7) is 0.0866. The van der Waals surface area contributed by atoms with E-state index in [1.54, 1.807) is 18.2 Å². The Labute approximate surface area is 166 Å². The number of halogens is 4. The van der Waals surface area contributed by atoms with Crippen LogP contribution in [0.3, 0.4) is 0 Å². The number of carbonyl (C=O) groups is 1. The summed E-state index contributed by atoms with van der Waals surface area (Å²) >= 11 is 3.30. The minimum atomic E-state index is -4.43. The molecule has 0 bridgehead atoms. The van der Waals surface area contributed by atoms with Crippen molar-refractivity contribution in [2.24, 2.45) is 0 Å². The minimum Gasteiger partial charge on any atom is -0.352 e. The number of hydrogen-bond acceptors (Lipinski definition) is 3. The van der Waals surface area contributed by atoms with Crippen LogP contribution < -0.4 is 10.9 Å². The van der Waals surface area contributed by atoms with Gasteiger partial charge >= 0.3 is 6.18 Å². The number of fused-ring (bicyclic) bond motifs is 1. The summed E-state index contributed by atoms with van der Waals surface area (Å²) in [5.41, 5.74) is -0.132. The molecule has 0 aliphatic heterocycles. The number of aryl methyl sites for hydroxylation is 1. The third-order valence-electron chi connectivity index (χ3n) is 4.11. The van der Waals surface area contributed by atoms with Crippen LogP contribution in [0.25, 0.3) is 10.9 Å². The van der Waals surface area contributed by atoms with Crippen molar-refractivity contribution in [1.29, 1.82) is 0 Å². The zero-order chi connectivity index (χ0) is 20.3. The van der Waals surface area contributed by atoms with Crippen LogP contribution in [0, 0.1) is 0 Å². The third-order valence-corrected chi connectivity index (χ3v) is 4.60. The van der Waals surface area contributed by atoms with Crippen molar-refractivity contribution in [3.8, 4) is 0 Å². The van der Waals surface area contributed by atoms with Crippen LogP contribution in [-0.4, -0.2) is 15.5 Å². The van der Waals surface area contributed by atoms with Crippen molar-refractivity contribution in [3.05, 3.63) is 74.7 Å². The van der Waals surface area contributed by atoms with E-state index in [4.69, 9.17) is 0 Å². The van der Waals surface area contributed by atoms with E-state index in [-0.39, 0.29) is 31.0 Å². The highest BCUT2D eigenvalue weighted by Gasteiger charge is 2.30. The fraction of sp³-hybridized carbons (Fsp3) is 0.211. The molecule has 3 aromatic rings. The van der Waals surface area contributed by atoms with E-state index in [1.165, 1.54) is 23.0 Å². The quantitative estimate of drug-likeness (QED) is 0.637. The monoisotopic (exact) mass is 453 g/mol. The largest absolute Gasteiger partial charge is 0.416 e. The maximum atomic E-state index is 12.7. The molecule has 0 saturated carbocycles. The van der Waals surface area contributed by atoms with Crippen molar-refractivity contribution in [2.75, 3.05) is 0 Å². The number of benzene rings is 2. The molecule has 3 rings (SSSR count). The second-order valence-corrected chi connectivity index (χ2v) is 7.05. The van der Waals surface area contributed by atoms with Gasteiger partial charge in [0, 0.05) is 24.0 Å². The van der Waals surface area contributed by atoms with Crippen molar-refractivity contribution in [2.45, 2.75) is 25.7 Å². The van der Waals surface area contributed by atoms with E-state index in [1.807, 2.05) is 0 Å². The summed E-state index contributed by atoms with van der Waals surface area (Å²) < 4.78 is 40.2. The highest BCUT2D eigenvalue weighted by Crippen LogP contribution is 2.29. The van der Waals surface area contributed by atoms with Gasteiger partial charge in [0.05, 0.1) is 22.8 Å². The lowest BCUT2D eigenvalue weighted by Crippen LogP contribution is -2.27. The number of aromatic nitrogens is 2. The van der Waals surface area contributed by atoms with Gasteiger partial charge in [-0.3, -0.25) is 14.2 Å². The smallest absolute Gasteiger partial charge is 0.352 e. The van der Waals surface area contributed by atoms with Crippen LogP contribution in [0.15, 0.2) is 58.1 Å². The van der Waals surface area contributed by atoms with Gasteiger partial charge in [0.1, 0.15) is 0 Å². The molecule has 5 nitrogen and oxygen atoms in total. The Morgan fingerprint density at radius 2 is 1.96 bits per heavy atom. The average molecular weight is 454 g/mol. The first-order valence-corrected chi connectivity index (χ1v) is 9.11. The molecule has 2 aromatic carbocycles. The first-order chi connectivity index (χ1) is 13.2. The molecule has 0 aliphatic rings. The van der Waals surface area contributed by atoms with Gasteiger partial charge in [-0.25, -0.2) is 4.98 Å². The van der Waals surface area contributed by atoms with E-state index in [0.717, 1.165) is 16.6 Å². The molecule has 1 heterocycles. The fourth-order valence-corrected chi connectivity index (χ4v) is 3.02. The molecule has 146 valence electrons. The molecule has 0 spiro atoms. The maximum Gasteiger partial charge on any atom is 0.416 e. The van der Waals surface area contributed by atoms with Crippen molar-refractivity contribution in [3.63, 3.8) is 0 Å². The standard InChI is InChI=1S/C19H15BrF3N3O2/c20-14-4-5-16-15(9-14)18(28)26(11-25-16)7-6-17(27)24-10-12-2-1-3-13(8-12)19(21,22)23/h1-5,8-9,11H,6-7,10H2,(H,24,27). The second-order valence-electron chi connectivity index (χ2n) is 6.13. The van der Waals surface area contributed by atoms with Gasteiger partial charge in [0.15, 0.2) is 0 Å². The SMILES string of the molecule is O=C(CCn1cnc2ccc(Br)cc2c1=O)NCc1cccc(C(F)(F)F)c1. The molecule has 9 heteroatoms. The Bertz CT molecular complexity index is 1080. The van der Waals surface area contributed by atoms with E-state index in [0.29, 0.717) is 16.5 Å². The Balaban J connectivity index is 1.61. The van der Waals surface area contributed by atoms with Gasteiger partial charge in [-0.15, -0.1) is 0 Å². The van der Waals surface area contributed by atoms with Gasteiger partial charge in [-0.2, -0.15) is 13.2 Å². The number of amides is 1. The molecular formula is C19H15BrF3N3O2. The zero-order valence-electron chi connectivity index (χ0n) is 14.5. The van der Waals surface area contributed by atoms with Crippen LogP contribution in [0.5, 0.6) is 0 Å². The van der Waals surface area contributed by atoms with Gasteiger partial charge in [0.25, 0.3) is 5.56 Å². The molecule has 1 aromatic heterocycles. The van der Waals surface area contributed by atoms with Crippen LogP contribution in [-0.2, 0) is 24.1 Å². The lowest BCUT2D eigenvalue weighted by Gasteiger charge is -2.10. The molecular weight excluding hydrogens is 439 g/mol. The van der Waals surface area contributed by atoms with E-state index in [9.17, 15) is 22.8 Å². The topological polar surface area (TPSA) is 64.0 Å². The molecule has 0 fully saturated rings. The summed E-state index contributed by atoms with van der Waals surface area (Å²) in [6, 6.07) is 9.93. The number of rotatable bonds is 5. The minimum absolute atomic E-state index is 0.0000576. The maximum absolute atomic E-state index is 12.7. The van der Waals surface area contributed by atoms with Crippen molar-refractivity contribution < 1.29 is 18.0 Å². The van der Waals surface area contributed by atoms with Gasteiger partial charge in [-0.1, -0.05) is 28.1 Å². The van der Waals surface area contributed by atoms with Crippen LogP contribution in [0.4, 0.5) is 13.2 Å². The number of nitrogens with zero attached hydrogens (tertiary/aromatic N) is 2. The Hall–Kier alpha value is -2.68.